The molecular formula is C34H59NO11. The molecule has 0 aromatic heterocycles. The van der Waals surface area contributed by atoms with E-state index < -0.39 is 74.2 Å². The first-order valence-corrected chi connectivity index (χ1v) is 17.4. The molecule has 0 bridgehead atoms. The van der Waals surface area contributed by atoms with Crippen LogP contribution < -0.4 is 5.32 Å². The minimum Gasteiger partial charge on any atom is -0.395 e. The van der Waals surface area contributed by atoms with Crippen LogP contribution in [0.5, 0.6) is 0 Å². The van der Waals surface area contributed by atoms with E-state index in [9.17, 15) is 25.5 Å². The monoisotopic (exact) mass is 657 g/mol. The molecule has 3 heterocycles. The summed E-state index contributed by atoms with van der Waals surface area (Å²) in [5.41, 5.74) is 0. The summed E-state index contributed by atoms with van der Waals surface area (Å²) >= 11 is 0. The molecule has 0 spiro atoms. The lowest BCUT2D eigenvalue weighted by Crippen LogP contribution is -2.63. The van der Waals surface area contributed by atoms with Crippen molar-refractivity contribution in [2.24, 2.45) is 17.8 Å². The van der Waals surface area contributed by atoms with Gasteiger partial charge in [0, 0.05) is 17.9 Å². The van der Waals surface area contributed by atoms with E-state index in [2.05, 4.69) is 30.5 Å². The van der Waals surface area contributed by atoms with Gasteiger partial charge in [-0.25, -0.2) is 0 Å². The molecule has 1 saturated heterocycles. The Bertz CT molecular complexity index is 950. The zero-order chi connectivity index (χ0) is 33.4. The molecule has 4 rings (SSSR count). The van der Waals surface area contributed by atoms with E-state index in [-0.39, 0.29) is 43.2 Å². The summed E-state index contributed by atoms with van der Waals surface area (Å²) in [6.07, 6.45) is 5.02. The van der Waals surface area contributed by atoms with Gasteiger partial charge in [0.2, 0.25) is 0 Å². The summed E-state index contributed by atoms with van der Waals surface area (Å²) < 4.78 is 37.7. The molecule has 1 saturated carbocycles. The lowest BCUT2D eigenvalue weighted by molar-refractivity contribution is -0.291. The second kappa shape index (κ2) is 18.1. The first kappa shape index (κ1) is 37.8. The molecule has 266 valence electrons. The first-order chi connectivity index (χ1) is 22.1. The van der Waals surface area contributed by atoms with Crippen LogP contribution in [0.2, 0.25) is 0 Å². The van der Waals surface area contributed by atoms with Crippen LogP contribution in [-0.4, -0.2) is 125 Å². The van der Waals surface area contributed by atoms with Crippen LogP contribution >= 0.6 is 0 Å². The van der Waals surface area contributed by atoms with Gasteiger partial charge in [-0.15, -0.1) is 0 Å². The van der Waals surface area contributed by atoms with Gasteiger partial charge in [-0.2, -0.15) is 0 Å². The Morgan fingerprint density at radius 2 is 1.35 bits per heavy atom. The molecule has 0 amide bonds. The smallest absolute Gasteiger partial charge is 0.187 e. The predicted molar refractivity (Wildman–Crippen MR) is 169 cm³/mol. The van der Waals surface area contributed by atoms with Crippen molar-refractivity contribution < 1.29 is 54.0 Å². The van der Waals surface area contributed by atoms with Crippen LogP contribution in [0.3, 0.4) is 0 Å². The standard InChI is InChI=1S/C34H59NO11/c1-6-8-9-10-24-14-12-20(4)33(42-24)45-30-26(18-38)43-34(28(30)40)46-31-27(39)25(35-22(16-36)17-37)15-21(5)29(31)44-32-19(3)11-13-23(7-2)41-32/h11-14,19-40H,6-10,15-18H2,1-5H3. The van der Waals surface area contributed by atoms with Crippen LogP contribution in [0.25, 0.3) is 0 Å². The number of unbranched alkanes of at least 4 members (excludes halogenated alkanes) is 2. The van der Waals surface area contributed by atoms with E-state index in [0.717, 1.165) is 32.1 Å². The normalized spacial score (nSPS) is 43.1. The van der Waals surface area contributed by atoms with Crippen LogP contribution in [0.1, 0.15) is 73.1 Å². The lowest BCUT2D eigenvalue weighted by atomic mass is 9.79. The zero-order valence-electron chi connectivity index (χ0n) is 28.1. The van der Waals surface area contributed by atoms with Gasteiger partial charge < -0.3 is 59.3 Å². The van der Waals surface area contributed by atoms with E-state index in [4.69, 9.17) is 28.4 Å². The molecule has 6 N–H and O–H groups in total. The molecule has 4 aliphatic rings. The number of hydrogen-bond donors (Lipinski definition) is 6. The molecule has 46 heavy (non-hydrogen) atoms. The van der Waals surface area contributed by atoms with Crippen molar-refractivity contribution in [1.82, 2.24) is 5.32 Å². The minimum absolute atomic E-state index is 0.0426. The van der Waals surface area contributed by atoms with Crippen molar-refractivity contribution in [3.8, 4) is 0 Å². The Labute approximate surface area is 274 Å². The highest BCUT2D eigenvalue weighted by atomic mass is 16.8. The fourth-order valence-corrected chi connectivity index (χ4v) is 6.79. The van der Waals surface area contributed by atoms with Crippen LogP contribution in [0.4, 0.5) is 0 Å². The van der Waals surface area contributed by atoms with Crippen molar-refractivity contribution >= 4 is 0 Å². The molecule has 12 nitrogen and oxygen atoms in total. The Kier molecular flexibility index (Phi) is 14.9. The van der Waals surface area contributed by atoms with Gasteiger partial charge in [0.25, 0.3) is 0 Å². The first-order valence-electron chi connectivity index (χ1n) is 17.4. The maximum atomic E-state index is 11.7. The number of aliphatic hydroxyl groups excluding tert-OH is 5. The Hall–Kier alpha value is -1.00. The highest BCUT2D eigenvalue weighted by molar-refractivity contribution is 5.03. The summed E-state index contributed by atoms with van der Waals surface area (Å²) in [6.45, 7) is 9.11. The third kappa shape index (κ3) is 9.36. The summed E-state index contributed by atoms with van der Waals surface area (Å²) in [5, 5.41) is 55.9. The number of rotatable bonds is 16. The molecule has 0 aromatic rings. The summed E-state index contributed by atoms with van der Waals surface area (Å²) in [6, 6.07) is -1.19. The van der Waals surface area contributed by atoms with Crippen LogP contribution in [-0.2, 0) is 28.4 Å². The summed E-state index contributed by atoms with van der Waals surface area (Å²) in [7, 11) is 0. The van der Waals surface area contributed by atoms with Gasteiger partial charge in [0.1, 0.15) is 24.4 Å². The highest BCUT2D eigenvalue weighted by Gasteiger charge is 2.52. The third-order valence-corrected chi connectivity index (χ3v) is 9.72. The maximum Gasteiger partial charge on any atom is 0.187 e. The second-order valence-corrected chi connectivity index (χ2v) is 13.5. The van der Waals surface area contributed by atoms with Gasteiger partial charge in [-0.05, 0) is 25.2 Å². The van der Waals surface area contributed by atoms with Gasteiger partial charge in [0.15, 0.2) is 18.9 Å². The molecule has 15 atom stereocenters. The Morgan fingerprint density at radius 1 is 0.739 bits per heavy atom. The van der Waals surface area contributed by atoms with Gasteiger partial charge in [-0.3, -0.25) is 0 Å². The predicted octanol–water partition coefficient (Wildman–Crippen LogP) is 1.76. The van der Waals surface area contributed by atoms with Gasteiger partial charge in [-0.1, -0.05) is 78.2 Å². The molecule has 1 aliphatic carbocycles. The maximum absolute atomic E-state index is 11.7. The van der Waals surface area contributed by atoms with Gasteiger partial charge in [0.05, 0.1) is 50.3 Å². The van der Waals surface area contributed by atoms with E-state index in [1.807, 2.05) is 33.8 Å². The van der Waals surface area contributed by atoms with Gasteiger partial charge >= 0.3 is 0 Å². The minimum atomic E-state index is -1.30. The van der Waals surface area contributed by atoms with Crippen molar-refractivity contribution in [1.29, 1.82) is 0 Å². The fourth-order valence-electron chi connectivity index (χ4n) is 6.79. The molecule has 12 heteroatoms. The van der Waals surface area contributed by atoms with E-state index in [0.29, 0.717) is 6.42 Å². The highest BCUT2D eigenvalue weighted by Crippen LogP contribution is 2.37. The topological polar surface area (TPSA) is 169 Å². The zero-order valence-corrected chi connectivity index (χ0v) is 28.1. The summed E-state index contributed by atoms with van der Waals surface area (Å²) in [4.78, 5) is 0. The molecule has 0 aromatic carbocycles. The van der Waals surface area contributed by atoms with Crippen molar-refractivity contribution in [3.63, 3.8) is 0 Å². The average molecular weight is 658 g/mol. The van der Waals surface area contributed by atoms with E-state index in [1.54, 1.807) is 0 Å². The number of hydrogen-bond acceptors (Lipinski definition) is 12. The molecule has 15 unspecified atom stereocenters. The second-order valence-electron chi connectivity index (χ2n) is 13.5. The van der Waals surface area contributed by atoms with Crippen LogP contribution in [0, 0.1) is 17.8 Å². The van der Waals surface area contributed by atoms with Crippen molar-refractivity contribution in [2.75, 3.05) is 19.8 Å². The Balaban J connectivity index is 1.50. The van der Waals surface area contributed by atoms with Crippen molar-refractivity contribution in [2.45, 2.75) is 153 Å². The molecule has 3 aliphatic heterocycles. The lowest BCUT2D eigenvalue weighted by Gasteiger charge is -2.47. The largest absolute Gasteiger partial charge is 0.395 e. The SMILES string of the molecule is CCCCCC1C=CC(C)C(OC2C(CO)OC(OC3C(O)C(NC(CO)CO)CC(C)C3OC3OC(CC)C=CC3C)C2O)O1. The summed E-state index contributed by atoms with van der Waals surface area (Å²) in [5.74, 6) is -0.277. The molecular weight excluding hydrogens is 598 g/mol. The average Bonchev–Trinajstić information content (AvgIpc) is 3.35. The Morgan fingerprint density at radius 3 is 1.96 bits per heavy atom. The molecule has 2 fully saturated rings. The van der Waals surface area contributed by atoms with Crippen LogP contribution in [0.15, 0.2) is 24.3 Å². The molecule has 0 radical (unpaired) electrons. The number of aliphatic hydroxyl groups is 5. The quantitative estimate of drug-likeness (QED) is 0.105. The number of ether oxygens (including phenoxy) is 6. The van der Waals surface area contributed by atoms with E-state index >= 15 is 0 Å². The van der Waals surface area contributed by atoms with Crippen molar-refractivity contribution in [3.05, 3.63) is 24.3 Å². The van der Waals surface area contributed by atoms with E-state index in [1.165, 1.54) is 0 Å². The number of nitrogens with one attached hydrogen (secondary N) is 1. The fraction of sp³-hybridized carbons (Fsp3) is 0.882. The third-order valence-electron chi connectivity index (χ3n) is 9.72.